The molecular weight excluding hydrogens is 305 g/mol. The van der Waals surface area contributed by atoms with Gasteiger partial charge < -0.3 is 0 Å². The van der Waals surface area contributed by atoms with Crippen LogP contribution in [0.2, 0.25) is 0 Å². The molecule has 1 aliphatic carbocycles. The number of rotatable bonds is 5. The van der Waals surface area contributed by atoms with E-state index in [0.717, 1.165) is 6.07 Å². The van der Waals surface area contributed by atoms with Crippen LogP contribution in [0.25, 0.3) is 0 Å². The van der Waals surface area contributed by atoms with E-state index >= 15 is 0 Å². The van der Waals surface area contributed by atoms with Gasteiger partial charge in [0.2, 0.25) is 0 Å². The topological polar surface area (TPSA) is 64.0 Å². The summed E-state index contributed by atoms with van der Waals surface area (Å²) >= 11 is 0. The first kappa shape index (κ1) is 15.0. The summed E-state index contributed by atoms with van der Waals surface area (Å²) in [5, 5.41) is 4.21. The molecule has 0 bridgehead atoms. The second kappa shape index (κ2) is 5.39. The molecule has 1 unspecified atom stereocenters. The van der Waals surface area contributed by atoms with Gasteiger partial charge in [-0.05, 0) is 56.4 Å². The Morgan fingerprint density at radius 3 is 2.73 bits per heavy atom. The molecule has 0 aliphatic heterocycles. The summed E-state index contributed by atoms with van der Waals surface area (Å²) in [4.78, 5) is -0.0898. The Kier molecular flexibility index (Phi) is 3.68. The summed E-state index contributed by atoms with van der Waals surface area (Å²) in [6, 6.07) is 3.98. The second-order valence-electron chi connectivity index (χ2n) is 5.86. The molecule has 5 nitrogen and oxygen atoms in total. The monoisotopic (exact) mass is 323 g/mol. The molecule has 1 aromatic carbocycles. The maximum absolute atomic E-state index is 13.4. The van der Waals surface area contributed by atoms with Crippen molar-refractivity contribution in [3.8, 4) is 0 Å². The molecule has 1 heterocycles. The van der Waals surface area contributed by atoms with E-state index in [-0.39, 0.29) is 10.9 Å². The van der Waals surface area contributed by atoms with Crippen molar-refractivity contribution in [2.45, 2.75) is 37.6 Å². The molecule has 1 aromatic heterocycles. The third kappa shape index (κ3) is 3.14. The molecule has 0 saturated heterocycles. The van der Waals surface area contributed by atoms with Gasteiger partial charge in [0.15, 0.2) is 0 Å². The van der Waals surface area contributed by atoms with Crippen LogP contribution in [0, 0.1) is 18.7 Å². The summed E-state index contributed by atoms with van der Waals surface area (Å²) in [7, 11) is -3.82. The van der Waals surface area contributed by atoms with E-state index in [4.69, 9.17) is 0 Å². The summed E-state index contributed by atoms with van der Waals surface area (Å²) < 4.78 is 42.2. The summed E-state index contributed by atoms with van der Waals surface area (Å²) in [6.07, 6.45) is 5.52. The van der Waals surface area contributed by atoms with E-state index in [0.29, 0.717) is 17.2 Å². The molecule has 22 heavy (non-hydrogen) atoms. The van der Waals surface area contributed by atoms with E-state index in [9.17, 15) is 12.8 Å². The summed E-state index contributed by atoms with van der Waals surface area (Å²) in [5.74, 6) is 0.0497. The zero-order chi connectivity index (χ0) is 15.9. The Balaban J connectivity index is 1.82. The minimum Gasteiger partial charge on any atom is -0.276 e. The van der Waals surface area contributed by atoms with E-state index in [2.05, 4.69) is 16.7 Å². The van der Waals surface area contributed by atoms with Crippen molar-refractivity contribution in [2.75, 3.05) is 4.72 Å². The standard InChI is InChI=1S/C15H18FN3O2S/c1-10-5-13(16)7-15(6-10)22(20,21)18-14-8-17-19(9-14)11(2)12-3-4-12/h5-9,11-12,18H,3-4H2,1-2H3. The average Bonchev–Trinajstić information content (AvgIpc) is 3.17. The Hall–Kier alpha value is -1.89. The highest BCUT2D eigenvalue weighted by Crippen LogP contribution is 2.39. The van der Waals surface area contributed by atoms with E-state index in [1.807, 2.05) is 0 Å². The quantitative estimate of drug-likeness (QED) is 0.919. The predicted molar refractivity (Wildman–Crippen MR) is 81.6 cm³/mol. The number of sulfonamides is 1. The number of benzene rings is 1. The molecule has 1 atom stereocenters. The van der Waals surface area contributed by atoms with Gasteiger partial charge in [0.25, 0.3) is 10.0 Å². The number of aromatic nitrogens is 2. The summed E-state index contributed by atoms with van der Waals surface area (Å²) in [5.41, 5.74) is 0.938. The lowest BCUT2D eigenvalue weighted by molar-refractivity contribution is 0.440. The minimum absolute atomic E-state index is 0.0898. The van der Waals surface area contributed by atoms with Gasteiger partial charge in [0.1, 0.15) is 5.82 Å². The number of nitrogens with one attached hydrogen (secondary N) is 1. The minimum atomic E-state index is -3.82. The van der Waals surface area contributed by atoms with Gasteiger partial charge in [-0.2, -0.15) is 5.10 Å². The first-order valence-corrected chi connectivity index (χ1v) is 8.67. The number of nitrogens with zero attached hydrogens (tertiary/aromatic N) is 2. The molecule has 0 spiro atoms. The molecule has 3 rings (SSSR count). The third-order valence-electron chi connectivity index (χ3n) is 3.90. The Morgan fingerprint density at radius 2 is 2.09 bits per heavy atom. The van der Waals surface area contributed by atoms with Gasteiger partial charge in [-0.3, -0.25) is 9.40 Å². The fraction of sp³-hybridized carbons (Fsp3) is 0.400. The molecule has 0 radical (unpaired) electrons. The van der Waals surface area contributed by atoms with Crippen molar-refractivity contribution in [1.29, 1.82) is 0 Å². The SMILES string of the molecule is Cc1cc(F)cc(S(=O)(=O)Nc2cnn(C(C)C3CC3)c2)c1. The van der Waals surface area contributed by atoms with Crippen LogP contribution in [-0.2, 0) is 10.0 Å². The predicted octanol–water partition coefficient (Wildman–Crippen LogP) is 3.10. The average molecular weight is 323 g/mol. The zero-order valence-corrected chi connectivity index (χ0v) is 13.3. The van der Waals surface area contributed by atoms with Crippen molar-refractivity contribution in [1.82, 2.24) is 9.78 Å². The van der Waals surface area contributed by atoms with Crippen LogP contribution in [0.1, 0.15) is 31.4 Å². The lowest BCUT2D eigenvalue weighted by atomic mass is 10.2. The second-order valence-corrected chi connectivity index (χ2v) is 7.54. The smallest absolute Gasteiger partial charge is 0.262 e. The number of hydrogen-bond donors (Lipinski definition) is 1. The van der Waals surface area contributed by atoms with Crippen LogP contribution in [0.5, 0.6) is 0 Å². The van der Waals surface area contributed by atoms with Gasteiger partial charge in [-0.15, -0.1) is 0 Å². The largest absolute Gasteiger partial charge is 0.276 e. The van der Waals surface area contributed by atoms with E-state index in [1.54, 1.807) is 17.8 Å². The molecule has 118 valence electrons. The van der Waals surface area contributed by atoms with Crippen LogP contribution in [0.4, 0.5) is 10.1 Å². The van der Waals surface area contributed by atoms with Gasteiger partial charge in [-0.25, -0.2) is 12.8 Å². The van der Waals surface area contributed by atoms with Crippen molar-refractivity contribution in [3.63, 3.8) is 0 Å². The van der Waals surface area contributed by atoms with Crippen molar-refractivity contribution >= 4 is 15.7 Å². The van der Waals surface area contributed by atoms with Gasteiger partial charge in [0, 0.05) is 6.20 Å². The molecule has 2 aromatic rings. The molecule has 1 saturated carbocycles. The lowest BCUT2D eigenvalue weighted by Crippen LogP contribution is -2.13. The summed E-state index contributed by atoms with van der Waals surface area (Å²) in [6.45, 7) is 3.72. The van der Waals surface area contributed by atoms with Crippen molar-refractivity contribution in [3.05, 3.63) is 42.0 Å². The Bertz CT molecular complexity index is 777. The van der Waals surface area contributed by atoms with Crippen LogP contribution in [-0.4, -0.2) is 18.2 Å². The first-order chi connectivity index (χ1) is 10.3. The Labute approximate surface area is 129 Å². The molecular formula is C15H18FN3O2S. The molecule has 1 fully saturated rings. The number of anilines is 1. The molecule has 0 amide bonds. The first-order valence-electron chi connectivity index (χ1n) is 7.19. The molecule has 7 heteroatoms. The maximum atomic E-state index is 13.4. The van der Waals surface area contributed by atoms with Crippen LogP contribution in [0.15, 0.2) is 35.5 Å². The molecule has 1 N–H and O–H groups in total. The third-order valence-corrected chi connectivity index (χ3v) is 5.26. The number of halogens is 1. The van der Waals surface area contributed by atoms with Crippen LogP contribution >= 0.6 is 0 Å². The highest BCUT2D eigenvalue weighted by Gasteiger charge is 2.29. The number of aryl methyl sites for hydroxylation is 1. The Morgan fingerprint density at radius 1 is 1.36 bits per heavy atom. The van der Waals surface area contributed by atoms with Crippen molar-refractivity contribution < 1.29 is 12.8 Å². The van der Waals surface area contributed by atoms with Gasteiger partial charge in [0.05, 0.1) is 22.8 Å². The zero-order valence-electron chi connectivity index (χ0n) is 12.5. The van der Waals surface area contributed by atoms with Gasteiger partial charge >= 0.3 is 0 Å². The van der Waals surface area contributed by atoms with E-state index < -0.39 is 15.8 Å². The maximum Gasteiger partial charge on any atom is 0.262 e. The highest BCUT2D eigenvalue weighted by molar-refractivity contribution is 7.92. The normalized spacial score (nSPS) is 16.5. The van der Waals surface area contributed by atoms with Crippen LogP contribution < -0.4 is 4.72 Å². The van der Waals surface area contributed by atoms with Crippen molar-refractivity contribution in [2.24, 2.45) is 5.92 Å². The van der Waals surface area contributed by atoms with Crippen LogP contribution in [0.3, 0.4) is 0 Å². The lowest BCUT2D eigenvalue weighted by Gasteiger charge is -2.10. The molecule has 1 aliphatic rings. The fourth-order valence-electron chi connectivity index (χ4n) is 2.48. The fourth-order valence-corrected chi connectivity index (χ4v) is 3.62. The highest BCUT2D eigenvalue weighted by atomic mass is 32.2. The van der Waals surface area contributed by atoms with Gasteiger partial charge in [-0.1, -0.05) is 0 Å². The number of hydrogen-bond acceptors (Lipinski definition) is 3. The van der Waals surface area contributed by atoms with E-state index in [1.165, 1.54) is 31.2 Å².